The number of rotatable bonds is 16. The van der Waals surface area contributed by atoms with E-state index in [2.05, 4.69) is 40.7 Å². The number of methoxy groups -OCH3 is 2. The maximum Gasteiger partial charge on any atom is 0.327 e. The molecule has 0 spiro atoms. The largest absolute Gasteiger partial charge is 0.495 e. The fourth-order valence-corrected chi connectivity index (χ4v) is 10.1. The van der Waals surface area contributed by atoms with Crippen LogP contribution in [0.2, 0.25) is 10.0 Å². The Labute approximate surface area is 422 Å². The smallest absolute Gasteiger partial charge is 0.327 e. The van der Waals surface area contributed by atoms with Crippen LogP contribution in [0, 0.1) is 18.3 Å². The summed E-state index contributed by atoms with van der Waals surface area (Å²) < 4.78 is 10.6. The van der Waals surface area contributed by atoms with E-state index in [0.717, 1.165) is 33.1 Å². The maximum atomic E-state index is 14.3. The number of benzene rings is 3. The molecule has 2 saturated heterocycles. The van der Waals surface area contributed by atoms with Crippen LogP contribution >= 0.6 is 34.5 Å². The van der Waals surface area contributed by atoms with Crippen molar-refractivity contribution in [2.24, 2.45) is 11.3 Å². The molecule has 17 nitrogen and oxygen atoms in total. The van der Waals surface area contributed by atoms with E-state index in [4.69, 9.17) is 32.7 Å². The molecule has 0 unspecified atom stereocenters. The first kappa shape index (κ1) is 51.8. The molecule has 4 amide bonds. The van der Waals surface area contributed by atoms with Crippen molar-refractivity contribution in [3.8, 4) is 21.9 Å². The van der Waals surface area contributed by atoms with Crippen molar-refractivity contribution in [1.29, 1.82) is 0 Å². The number of Topliss-reactive ketones (excluding diaryl/α,β-unsaturated/α-hetero) is 1. The van der Waals surface area contributed by atoms with E-state index < -0.39 is 29.5 Å². The second-order valence-electron chi connectivity index (χ2n) is 18.6. The highest BCUT2D eigenvalue weighted by Crippen LogP contribution is 2.44. The number of piperazine rings is 1. The number of carbonyl (C=O) groups is 4. The zero-order valence-electron chi connectivity index (χ0n) is 40.6. The fraction of sp³-hybridized carbons (Fsp3) is 0.420. The van der Waals surface area contributed by atoms with E-state index in [1.165, 1.54) is 36.4 Å². The minimum Gasteiger partial charge on any atom is -0.495 e. The molecule has 70 heavy (non-hydrogen) atoms. The molecular formula is C50H60Cl2N10O7S. The summed E-state index contributed by atoms with van der Waals surface area (Å²) in [6.07, 6.45) is 0.652. The molecule has 0 saturated carbocycles. The van der Waals surface area contributed by atoms with E-state index in [1.807, 2.05) is 88.7 Å². The summed E-state index contributed by atoms with van der Waals surface area (Å²) in [5.41, 5.74) is 6.09. The van der Waals surface area contributed by atoms with Gasteiger partial charge in [0.15, 0.2) is 0 Å². The molecular weight excluding hydrogens is 956 g/mol. The number of aromatic nitrogens is 3. The van der Waals surface area contributed by atoms with Crippen LogP contribution in [0.5, 0.6) is 11.5 Å². The lowest BCUT2D eigenvalue weighted by Gasteiger charge is -2.37. The Morgan fingerprint density at radius 3 is 2.19 bits per heavy atom. The SMILES string of the molecule is COc1cc(OC)c(Cl)c(NC(=O)N(C)c2cc(Nc3ccc(N4CCN(CC(=O)C[C@H](C(=O)N5C[C@H](O)C[C@H]5C(=O)N[C@@H](C)c5ccc(-c6scnc6C)cc5)C(C)(C)C)CC4)cc3)ncn2)c1Cl. The van der Waals surface area contributed by atoms with E-state index >= 15 is 0 Å². The third kappa shape index (κ3) is 12.1. The molecule has 372 valence electrons. The van der Waals surface area contributed by atoms with Gasteiger partial charge in [0.1, 0.15) is 51.3 Å². The summed E-state index contributed by atoms with van der Waals surface area (Å²) >= 11 is 14.5. The second-order valence-corrected chi connectivity index (χ2v) is 20.3. The van der Waals surface area contributed by atoms with Crippen LogP contribution in [0.25, 0.3) is 10.4 Å². The van der Waals surface area contributed by atoms with Crippen LogP contribution in [-0.2, 0) is 14.4 Å². The average Bonchev–Trinajstić information content (AvgIpc) is 3.97. The van der Waals surface area contributed by atoms with E-state index in [1.54, 1.807) is 24.5 Å². The molecule has 7 rings (SSSR count). The van der Waals surface area contributed by atoms with Crippen molar-refractivity contribution >= 4 is 86.9 Å². The van der Waals surface area contributed by atoms with Crippen molar-refractivity contribution in [1.82, 2.24) is 30.1 Å². The molecule has 2 aliphatic heterocycles. The average molecular weight is 1020 g/mol. The molecule has 0 bridgehead atoms. The highest BCUT2D eigenvalue weighted by molar-refractivity contribution is 7.13. The summed E-state index contributed by atoms with van der Waals surface area (Å²) in [4.78, 5) is 76.3. The first-order chi connectivity index (χ1) is 33.3. The van der Waals surface area contributed by atoms with Gasteiger partial charge in [0.05, 0.1) is 54.7 Å². The molecule has 4 N–H and O–H groups in total. The Balaban J connectivity index is 0.895. The van der Waals surface area contributed by atoms with E-state index in [-0.39, 0.29) is 76.8 Å². The first-order valence-electron chi connectivity index (χ1n) is 23.0. The summed E-state index contributed by atoms with van der Waals surface area (Å²) in [5, 5.41) is 20.0. The molecule has 4 heterocycles. The van der Waals surface area contributed by atoms with Crippen LogP contribution in [0.15, 0.2) is 72.5 Å². The molecule has 0 aliphatic carbocycles. The van der Waals surface area contributed by atoms with Crippen LogP contribution in [-0.4, -0.2) is 126 Å². The van der Waals surface area contributed by atoms with Gasteiger partial charge in [0.25, 0.3) is 0 Å². The molecule has 4 atom stereocenters. The van der Waals surface area contributed by atoms with Crippen LogP contribution < -0.4 is 35.2 Å². The quantitative estimate of drug-likeness (QED) is 0.0739. The zero-order chi connectivity index (χ0) is 50.4. The molecule has 2 aromatic heterocycles. The van der Waals surface area contributed by atoms with E-state index in [0.29, 0.717) is 37.8 Å². The zero-order valence-corrected chi connectivity index (χ0v) is 42.9. The minimum absolute atomic E-state index is 0.0277. The van der Waals surface area contributed by atoms with Crippen molar-refractivity contribution in [3.05, 3.63) is 93.8 Å². The van der Waals surface area contributed by atoms with Crippen LogP contribution in [0.1, 0.15) is 57.8 Å². The highest BCUT2D eigenvalue weighted by Gasteiger charge is 2.45. The Morgan fingerprint density at radius 2 is 1.59 bits per heavy atom. The third-order valence-electron chi connectivity index (χ3n) is 12.8. The second kappa shape index (κ2) is 22.4. The predicted octanol–water partition coefficient (Wildman–Crippen LogP) is 8.23. The molecule has 2 aliphatic rings. The van der Waals surface area contributed by atoms with Crippen molar-refractivity contribution < 1.29 is 33.8 Å². The number of hydrogen-bond donors (Lipinski definition) is 4. The van der Waals surface area contributed by atoms with Crippen molar-refractivity contribution in [2.75, 3.05) is 81.0 Å². The number of aliphatic hydroxyl groups is 1. The molecule has 3 aromatic carbocycles. The number of nitrogens with one attached hydrogen (secondary N) is 3. The number of amides is 4. The maximum absolute atomic E-state index is 14.3. The molecule has 0 radical (unpaired) electrons. The Hall–Kier alpha value is -6.05. The van der Waals surface area contributed by atoms with Crippen molar-refractivity contribution in [2.45, 2.75) is 65.6 Å². The van der Waals surface area contributed by atoms with Crippen LogP contribution in [0.3, 0.4) is 0 Å². The number of nitrogens with zero attached hydrogens (tertiary/aromatic N) is 7. The normalized spacial score (nSPS) is 17.1. The number of aliphatic hydroxyl groups excluding tert-OH is 1. The number of urea groups is 1. The van der Waals surface area contributed by atoms with Gasteiger partial charge in [0, 0.05) is 82.0 Å². The monoisotopic (exact) mass is 1010 g/mol. The summed E-state index contributed by atoms with van der Waals surface area (Å²) in [7, 11) is 4.43. The number of hydrogen-bond acceptors (Lipinski definition) is 14. The fourth-order valence-electron chi connectivity index (χ4n) is 8.66. The lowest BCUT2D eigenvalue weighted by Crippen LogP contribution is -2.51. The summed E-state index contributed by atoms with van der Waals surface area (Å²) in [6.45, 7) is 12.6. The molecule has 5 aromatic rings. The number of ketones is 1. The molecule has 20 heteroatoms. The van der Waals surface area contributed by atoms with Gasteiger partial charge in [-0.15, -0.1) is 11.3 Å². The van der Waals surface area contributed by atoms with Gasteiger partial charge < -0.3 is 40.3 Å². The minimum atomic E-state index is -0.854. The lowest BCUT2D eigenvalue weighted by molar-refractivity contribution is -0.146. The van der Waals surface area contributed by atoms with Gasteiger partial charge in [-0.25, -0.2) is 19.7 Å². The number of halogens is 2. The van der Waals surface area contributed by atoms with Gasteiger partial charge in [-0.05, 0) is 54.7 Å². The van der Waals surface area contributed by atoms with Gasteiger partial charge in [-0.1, -0.05) is 68.2 Å². The van der Waals surface area contributed by atoms with Gasteiger partial charge >= 0.3 is 6.03 Å². The Bertz CT molecular complexity index is 2650. The molecule has 2 fully saturated rings. The number of β-amino-alcohol motifs (C(OH)–C–C–N with tert-alkyl or cyclic N) is 1. The number of likely N-dealkylation sites (tertiary alicyclic amines) is 1. The number of carbonyl (C=O) groups excluding carboxylic acids is 4. The summed E-state index contributed by atoms with van der Waals surface area (Å²) in [5.74, 6) is -0.0442. The Morgan fingerprint density at radius 1 is 0.929 bits per heavy atom. The Kier molecular flexibility index (Phi) is 16.5. The number of aryl methyl sites for hydroxylation is 1. The summed E-state index contributed by atoms with van der Waals surface area (Å²) in [6, 6.07) is 17.3. The van der Waals surface area contributed by atoms with Crippen LogP contribution in [0.4, 0.5) is 33.5 Å². The number of ether oxygens (including phenoxy) is 2. The topological polar surface area (TPSA) is 195 Å². The van der Waals surface area contributed by atoms with Crippen molar-refractivity contribution in [3.63, 3.8) is 0 Å². The van der Waals surface area contributed by atoms with Gasteiger partial charge in [0.2, 0.25) is 11.8 Å². The van der Waals surface area contributed by atoms with Gasteiger partial charge in [-0.2, -0.15) is 0 Å². The number of anilines is 5. The third-order valence-corrected chi connectivity index (χ3v) is 14.5. The lowest BCUT2D eigenvalue weighted by atomic mass is 9.76. The highest BCUT2D eigenvalue weighted by atomic mass is 35.5. The van der Waals surface area contributed by atoms with E-state index in [9.17, 15) is 24.3 Å². The van der Waals surface area contributed by atoms with Gasteiger partial charge in [-0.3, -0.25) is 24.2 Å². The standard InChI is InChI=1S/C50H60Cl2N10O7S/c1-29(31-9-11-32(12-10-31)46-30(2)55-28-70-46)56-47(65)38-22-36(64)26-62(38)48(66)37(50(3,4)5)21-35(63)25-60-17-19-61(20-18-60)34-15-13-33(14-16-34)57-41-24-42(54-27-53-41)59(6)49(67)58-45-43(51)39(68-7)23-40(69-8)44(45)52/h9-16,23-24,27-29,36-38,64H,17-22,25-26H2,1-8H3,(H,56,65)(H,58,67)(H,53,54,57)/t29-,36+,37+,38-/m0/s1. The predicted molar refractivity (Wildman–Crippen MR) is 275 cm³/mol. The first-order valence-corrected chi connectivity index (χ1v) is 24.6. The number of thiazole rings is 1.